The Morgan fingerprint density at radius 3 is 2.56 bits per heavy atom. The van der Waals surface area contributed by atoms with Crippen LogP contribution in [0.5, 0.6) is 0 Å². The Labute approximate surface area is 192 Å². The normalized spacial score (nSPS) is 15.6. The quantitative estimate of drug-likeness (QED) is 0.375. The molecule has 1 saturated heterocycles. The standard InChI is InChI=1S/C26H29FN4S/c1-19-28-23(18-32-19)12-15-30-13-10-20(11-14-30)16-26-29-24-4-2-3-5-25(24)31(26)17-21-6-8-22(27)9-7-21/h2-9,18,20H,10-17H2,1H3. The van der Waals surface area contributed by atoms with Crippen LogP contribution in [0.4, 0.5) is 4.39 Å². The fourth-order valence-electron chi connectivity index (χ4n) is 4.70. The van der Waals surface area contributed by atoms with E-state index in [1.807, 2.05) is 18.2 Å². The van der Waals surface area contributed by atoms with Gasteiger partial charge in [0.05, 0.1) is 21.7 Å². The molecule has 2 aromatic carbocycles. The van der Waals surface area contributed by atoms with Gasteiger partial charge in [0.1, 0.15) is 11.6 Å². The zero-order chi connectivity index (χ0) is 21.9. The molecule has 4 nitrogen and oxygen atoms in total. The minimum atomic E-state index is -0.193. The van der Waals surface area contributed by atoms with E-state index in [4.69, 9.17) is 4.98 Å². The van der Waals surface area contributed by atoms with Crippen LogP contribution in [0.15, 0.2) is 53.9 Å². The third kappa shape index (κ3) is 4.92. The van der Waals surface area contributed by atoms with Crippen molar-refractivity contribution in [1.82, 2.24) is 19.4 Å². The van der Waals surface area contributed by atoms with E-state index in [2.05, 4.69) is 45.0 Å². The van der Waals surface area contributed by atoms with E-state index < -0.39 is 0 Å². The van der Waals surface area contributed by atoms with Crippen LogP contribution in [0, 0.1) is 18.7 Å². The number of aryl methyl sites for hydroxylation is 1. The lowest BCUT2D eigenvalue weighted by Crippen LogP contribution is -2.36. The second-order valence-electron chi connectivity index (χ2n) is 8.83. The lowest BCUT2D eigenvalue weighted by Gasteiger charge is -2.31. The summed E-state index contributed by atoms with van der Waals surface area (Å²) in [6, 6.07) is 15.2. The molecule has 6 heteroatoms. The maximum absolute atomic E-state index is 13.4. The number of benzene rings is 2. The van der Waals surface area contributed by atoms with E-state index >= 15 is 0 Å². The van der Waals surface area contributed by atoms with E-state index in [0.29, 0.717) is 5.92 Å². The van der Waals surface area contributed by atoms with Crippen LogP contribution in [-0.4, -0.2) is 39.1 Å². The average Bonchev–Trinajstić information content (AvgIpc) is 3.38. The number of hydrogen-bond donors (Lipinski definition) is 0. The summed E-state index contributed by atoms with van der Waals surface area (Å²) in [5.41, 5.74) is 4.52. The molecule has 2 aromatic heterocycles. The Hall–Kier alpha value is -2.57. The van der Waals surface area contributed by atoms with Gasteiger partial charge in [-0.25, -0.2) is 14.4 Å². The summed E-state index contributed by atoms with van der Waals surface area (Å²) >= 11 is 1.74. The molecule has 4 aromatic rings. The summed E-state index contributed by atoms with van der Waals surface area (Å²) in [5.74, 6) is 1.60. The Morgan fingerprint density at radius 2 is 1.81 bits per heavy atom. The monoisotopic (exact) mass is 448 g/mol. The van der Waals surface area contributed by atoms with E-state index in [0.717, 1.165) is 66.4 Å². The molecule has 0 unspecified atom stereocenters. The molecule has 0 aliphatic carbocycles. The van der Waals surface area contributed by atoms with Gasteiger partial charge < -0.3 is 9.47 Å². The van der Waals surface area contributed by atoms with Gasteiger partial charge in [-0.1, -0.05) is 24.3 Å². The molecule has 0 saturated carbocycles. The predicted octanol–water partition coefficient (Wildman–Crippen LogP) is 5.49. The smallest absolute Gasteiger partial charge is 0.123 e. The highest BCUT2D eigenvalue weighted by molar-refractivity contribution is 7.09. The molecule has 0 N–H and O–H groups in total. The average molecular weight is 449 g/mol. The highest BCUT2D eigenvalue weighted by Crippen LogP contribution is 2.25. The van der Waals surface area contributed by atoms with Crippen LogP contribution in [0.3, 0.4) is 0 Å². The molecule has 0 radical (unpaired) electrons. The SMILES string of the molecule is Cc1nc(CCN2CCC(Cc3nc4ccccc4n3Cc3ccc(F)cc3)CC2)cs1. The van der Waals surface area contributed by atoms with Crippen molar-refractivity contribution in [2.45, 2.75) is 39.2 Å². The molecule has 166 valence electrons. The number of halogens is 1. The molecule has 3 heterocycles. The molecule has 32 heavy (non-hydrogen) atoms. The van der Waals surface area contributed by atoms with Gasteiger partial charge in [0.25, 0.3) is 0 Å². The van der Waals surface area contributed by atoms with Crippen molar-refractivity contribution in [1.29, 1.82) is 0 Å². The van der Waals surface area contributed by atoms with Gasteiger partial charge in [-0.3, -0.25) is 0 Å². The molecule has 5 rings (SSSR count). The van der Waals surface area contributed by atoms with E-state index in [-0.39, 0.29) is 5.82 Å². The molecule has 1 aliphatic heterocycles. The third-order valence-corrected chi connectivity index (χ3v) is 7.34. The van der Waals surface area contributed by atoms with Crippen molar-refractivity contribution in [2.24, 2.45) is 5.92 Å². The second kappa shape index (κ2) is 9.51. The number of fused-ring (bicyclic) bond motifs is 1. The minimum Gasteiger partial charge on any atom is -0.323 e. The first-order chi connectivity index (χ1) is 15.6. The Kier molecular flexibility index (Phi) is 6.32. The number of likely N-dealkylation sites (tertiary alicyclic amines) is 1. The molecule has 1 aliphatic rings. The molecule has 1 fully saturated rings. The summed E-state index contributed by atoms with van der Waals surface area (Å²) in [7, 11) is 0. The minimum absolute atomic E-state index is 0.193. The van der Waals surface area contributed by atoms with Gasteiger partial charge in [0.2, 0.25) is 0 Å². The predicted molar refractivity (Wildman–Crippen MR) is 129 cm³/mol. The van der Waals surface area contributed by atoms with Gasteiger partial charge in [-0.05, 0) is 68.6 Å². The maximum Gasteiger partial charge on any atom is 0.123 e. The first-order valence-corrected chi connectivity index (χ1v) is 12.3. The fourth-order valence-corrected chi connectivity index (χ4v) is 5.35. The summed E-state index contributed by atoms with van der Waals surface area (Å²) in [4.78, 5) is 12.2. The summed E-state index contributed by atoms with van der Waals surface area (Å²) in [6.45, 7) is 6.18. The van der Waals surface area contributed by atoms with Gasteiger partial charge >= 0.3 is 0 Å². The zero-order valence-corrected chi connectivity index (χ0v) is 19.3. The largest absolute Gasteiger partial charge is 0.323 e. The van der Waals surface area contributed by atoms with Crippen molar-refractivity contribution < 1.29 is 4.39 Å². The Balaban J connectivity index is 1.24. The number of piperidine rings is 1. The highest BCUT2D eigenvalue weighted by atomic mass is 32.1. The van der Waals surface area contributed by atoms with Crippen molar-refractivity contribution in [3.8, 4) is 0 Å². The van der Waals surface area contributed by atoms with E-state index in [1.54, 1.807) is 11.3 Å². The van der Waals surface area contributed by atoms with Crippen LogP contribution >= 0.6 is 11.3 Å². The van der Waals surface area contributed by atoms with Gasteiger partial charge in [-0.15, -0.1) is 11.3 Å². The Morgan fingerprint density at radius 1 is 1.03 bits per heavy atom. The number of nitrogens with zero attached hydrogens (tertiary/aromatic N) is 4. The van der Waals surface area contributed by atoms with Crippen LogP contribution in [0.2, 0.25) is 0 Å². The maximum atomic E-state index is 13.4. The van der Waals surface area contributed by atoms with Crippen molar-refractivity contribution in [2.75, 3.05) is 19.6 Å². The van der Waals surface area contributed by atoms with Gasteiger partial charge in [0, 0.05) is 31.3 Å². The second-order valence-corrected chi connectivity index (χ2v) is 9.89. The van der Waals surface area contributed by atoms with Crippen molar-refractivity contribution >= 4 is 22.4 Å². The third-order valence-electron chi connectivity index (χ3n) is 6.52. The number of imidazole rings is 1. The van der Waals surface area contributed by atoms with Crippen LogP contribution in [-0.2, 0) is 19.4 Å². The number of thiazole rings is 1. The first kappa shape index (κ1) is 21.3. The molecular weight excluding hydrogens is 419 g/mol. The summed E-state index contributed by atoms with van der Waals surface area (Å²) in [5, 5.41) is 3.34. The van der Waals surface area contributed by atoms with Crippen LogP contribution < -0.4 is 0 Å². The molecule has 0 atom stereocenters. The van der Waals surface area contributed by atoms with Crippen molar-refractivity contribution in [3.05, 3.63) is 81.8 Å². The molecule has 0 spiro atoms. The molecular formula is C26H29FN4S. The van der Waals surface area contributed by atoms with Gasteiger partial charge in [-0.2, -0.15) is 0 Å². The summed E-state index contributed by atoms with van der Waals surface area (Å²) < 4.78 is 15.7. The number of para-hydroxylation sites is 2. The number of rotatable bonds is 7. The number of hydrogen-bond acceptors (Lipinski definition) is 4. The first-order valence-electron chi connectivity index (χ1n) is 11.5. The molecule has 0 amide bonds. The molecule has 0 bridgehead atoms. The van der Waals surface area contributed by atoms with Crippen molar-refractivity contribution in [3.63, 3.8) is 0 Å². The van der Waals surface area contributed by atoms with E-state index in [9.17, 15) is 4.39 Å². The van der Waals surface area contributed by atoms with Crippen LogP contribution in [0.1, 0.15) is 34.9 Å². The van der Waals surface area contributed by atoms with Gasteiger partial charge in [0.15, 0.2) is 0 Å². The Bertz CT molecular complexity index is 1170. The van der Waals surface area contributed by atoms with E-state index in [1.165, 1.54) is 30.7 Å². The highest BCUT2D eigenvalue weighted by Gasteiger charge is 2.22. The lowest BCUT2D eigenvalue weighted by atomic mass is 9.93. The fraction of sp³-hybridized carbons (Fsp3) is 0.385. The number of aromatic nitrogens is 3. The topological polar surface area (TPSA) is 34.0 Å². The zero-order valence-electron chi connectivity index (χ0n) is 18.5. The summed E-state index contributed by atoms with van der Waals surface area (Å²) in [6.07, 6.45) is 4.45. The van der Waals surface area contributed by atoms with Crippen LogP contribution in [0.25, 0.3) is 11.0 Å². The lowest BCUT2D eigenvalue weighted by molar-refractivity contribution is 0.184.